The fourth-order valence-corrected chi connectivity index (χ4v) is 3.10. The van der Waals surface area contributed by atoms with Gasteiger partial charge >= 0.3 is 11.9 Å². The Bertz CT molecular complexity index is 874. The minimum Gasteiger partial charge on any atom is -0.465 e. The van der Waals surface area contributed by atoms with E-state index >= 15 is 0 Å². The van der Waals surface area contributed by atoms with Crippen molar-refractivity contribution in [1.29, 1.82) is 0 Å². The number of hydrogen-bond donors (Lipinski definition) is 1. The van der Waals surface area contributed by atoms with Gasteiger partial charge in [-0.1, -0.05) is 11.6 Å². The molecule has 0 radical (unpaired) electrons. The lowest BCUT2D eigenvalue weighted by atomic mass is 10.2. The summed E-state index contributed by atoms with van der Waals surface area (Å²) in [4.78, 5) is 23.2. The van der Waals surface area contributed by atoms with Gasteiger partial charge in [-0.15, -0.1) is 0 Å². The number of methoxy groups -OCH3 is 1. The first-order valence-corrected chi connectivity index (χ1v) is 9.25. The summed E-state index contributed by atoms with van der Waals surface area (Å²) in [6.45, 7) is -0.411. The molecule has 0 spiro atoms. The topological polar surface area (TPSA) is 112 Å². The van der Waals surface area contributed by atoms with Crippen molar-refractivity contribution < 1.29 is 31.9 Å². The molecule has 0 fully saturated rings. The molecule has 0 atom stereocenters. The molecule has 0 saturated carbocycles. The summed E-state index contributed by atoms with van der Waals surface area (Å²) in [7, 11) is -2.53. The Hall–Kier alpha value is -2.36. The Morgan fingerprint density at radius 1 is 1.19 bits per heavy atom. The zero-order chi connectivity index (χ0) is 19.2. The Labute approximate surface area is 155 Å². The Balaban J connectivity index is 1.81. The number of esters is 2. The maximum Gasteiger partial charge on any atom is 0.341 e. The normalized spacial score (nSPS) is 11.2. The molecule has 2 aromatic rings. The predicted octanol–water partition coefficient (Wildman–Crippen LogP) is 2.13. The van der Waals surface area contributed by atoms with Crippen LogP contribution >= 0.6 is 11.6 Å². The smallest absolute Gasteiger partial charge is 0.341 e. The molecule has 0 aliphatic carbocycles. The van der Waals surface area contributed by atoms with E-state index in [1.165, 1.54) is 43.7 Å². The lowest BCUT2D eigenvalue weighted by Crippen LogP contribution is -2.26. The van der Waals surface area contributed by atoms with E-state index in [1.54, 1.807) is 0 Å². The Morgan fingerprint density at radius 2 is 1.88 bits per heavy atom. The lowest BCUT2D eigenvalue weighted by molar-refractivity contribution is -0.145. The average Bonchev–Trinajstić information content (AvgIpc) is 3.08. The van der Waals surface area contributed by atoms with Crippen LogP contribution in [-0.2, 0) is 30.9 Å². The van der Waals surface area contributed by atoms with Crippen molar-refractivity contribution in [2.24, 2.45) is 0 Å². The highest BCUT2D eigenvalue weighted by Gasteiger charge is 2.17. The highest BCUT2D eigenvalue weighted by molar-refractivity contribution is 7.89. The zero-order valence-corrected chi connectivity index (χ0v) is 15.3. The quantitative estimate of drug-likeness (QED) is 0.674. The summed E-state index contributed by atoms with van der Waals surface area (Å²) in [5.41, 5.74) is 0.156. The van der Waals surface area contributed by atoms with E-state index in [9.17, 15) is 18.0 Å². The van der Waals surface area contributed by atoms with Gasteiger partial charge in [0.1, 0.15) is 12.2 Å². The third kappa shape index (κ3) is 5.32. The maximum atomic E-state index is 12.0. The van der Waals surface area contributed by atoms with Crippen LogP contribution in [0.3, 0.4) is 0 Å². The van der Waals surface area contributed by atoms with Gasteiger partial charge in [0.25, 0.3) is 0 Å². The minimum absolute atomic E-state index is 0.0357. The molecule has 0 unspecified atom stereocenters. The standard InChI is InChI=1S/C16H16ClNO7S/c1-23-16(20)13-7-9-24-14(13)10-25-15(19)6-8-18-26(21,22)12-4-2-11(17)3-5-12/h2-5,7,9,18H,6,8,10H2,1H3. The minimum atomic E-state index is -3.75. The molecule has 1 N–H and O–H groups in total. The molecule has 0 saturated heterocycles. The van der Waals surface area contributed by atoms with Gasteiger partial charge in [-0.25, -0.2) is 17.9 Å². The second-order valence-electron chi connectivity index (χ2n) is 5.01. The van der Waals surface area contributed by atoms with E-state index in [4.69, 9.17) is 20.8 Å². The molecule has 1 heterocycles. The third-order valence-electron chi connectivity index (χ3n) is 3.26. The van der Waals surface area contributed by atoms with Gasteiger partial charge < -0.3 is 13.9 Å². The molecule has 1 aromatic heterocycles. The van der Waals surface area contributed by atoms with Gasteiger partial charge in [0.05, 0.1) is 24.7 Å². The van der Waals surface area contributed by atoms with E-state index in [-0.39, 0.29) is 35.8 Å². The van der Waals surface area contributed by atoms with E-state index < -0.39 is 22.0 Å². The molecular formula is C16H16ClNO7S. The van der Waals surface area contributed by atoms with Gasteiger partial charge in [-0.3, -0.25) is 4.79 Å². The number of carbonyl (C=O) groups excluding carboxylic acids is 2. The third-order valence-corrected chi connectivity index (χ3v) is 4.99. The lowest BCUT2D eigenvalue weighted by Gasteiger charge is -2.07. The fourth-order valence-electron chi connectivity index (χ4n) is 1.95. The van der Waals surface area contributed by atoms with Crippen LogP contribution in [0.25, 0.3) is 0 Å². The average molecular weight is 402 g/mol. The molecular weight excluding hydrogens is 386 g/mol. The number of halogens is 1. The summed E-state index contributed by atoms with van der Waals surface area (Å²) >= 11 is 5.71. The van der Waals surface area contributed by atoms with Crippen LogP contribution in [0.15, 0.2) is 45.9 Å². The van der Waals surface area contributed by atoms with Gasteiger partial charge in [0.2, 0.25) is 10.0 Å². The molecule has 8 nitrogen and oxygen atoms in total. The number of benzene rings is 1. The Morgan fingerprint density at radius 3 is 2.54 bits per heavy atom. The van der Waals surface area contributed by atoms with Crippen LogP contribution in [0.4, 0.5) is 0 Å². The first-order chi connectivity index (χ1) is 12.3. The molecule has 1 aromatic carbocycles. The van der Waals surface area contributed by atoms with Crippen molar-refractivity contribution in [3.63, 3.8) is 0 Å². The van der Waals surface area contributed by atoms with Crippen LogP contribution in [0.1, 0.15) is 22.5 Å². The van der Waals surface area contributed by atoms with Gasteiger partial charge in [-0.2, -0.15) is 0 Å². The monoisotopic (exact) mass is 401 g/mol. The number of carbonyl (C=O) groups is 2. The molecule has 140 valence electrons. The highest BCUT2D eigenvalue weighted by Crippen LogP contribution is 2.15. The largest absolute Gasteiger partial charge is 0.465 e. The maximum absolute atomic E-state index is 12.0. The van der Waals surface area contributed by atoms with E-state index in [0.717, 1.165) is 0 Å². The number of rotatable bonds is 8. The number of hydrogen-bond acceptors (Lipinski definition) is 7. The second-order valence-corrected chi connectivity index (χ2v) is 7.21. The number of nitrogens with one attached hydrogen (secondary N) is 1. The summed E-state index contributed by atoms with van der Waals surface area (Å²) < 4.78 is 41.0. The molecule has 26 heavy (non-hydrogen) atoms. The van der Waals surface area contributed by atoms with Crippen molar-refractivity contribution >= 4 is 33.6 Å². The van der Waals surface area contributed by atoms with Crippen molar-refractivity contribution in [3.05, 3.63) is 52.9 Å². The van der Waals surface area contributed by atoms with Gasteiger partial charge in [0, 0.05) is 11.6 Å². The van der Waals surface area contributed by atoms with Crippen molar-refractivity contribution in [2.75, 3.05) is 13.7 Å². The molecule has 0 aliphatic rings. The van der Waals surface area contributed by atoms with Gasteiger partial charge in [0.15, 0.2) is 5.76 Å². The second kappa shape index (κ2) is 8.84. The van der Waals surface area contributed by atoms with Crippen molar-refractivity contribution in [2.45, 2.75) is 17.9 Å². The van der Waals surface area contributed by atoms with E-state index in [0.29, 0.717) is 5.02 Å². The summed E-state index contributed by atoms with van der Waals surface area (Å²) in [5.74, 6) is -1.12. The fraction of sp³-hybridized carbons (Fsp3) is 0.250. The summed E-state index contributed by atoms with van der Waals surface area (Å²) in [6.07, 6.45) is 1.08. The highest BCUT2D eigenvalue weighted by atomic mass is 35.5. The number of sulfonamides is 1. The molecule has 0 bridgehead atoms. The van der Waals surface area contributed by atoms with Crippen LogP contribution in [0, 0.1) is 0 Å². The van der Waals surface area contributed by atoms with Crippen molar-refractivity contribution in [1.82, 2.24) is 4.72 Å². The van der Waals surface area contributed by atoms with Crippen LogP contribution < -0.4 is 4.72 Å². The number of ether oxygens (including phenoxy) is 2. The molecule has 0 aliphatic heterocycles. The first kappa shape index (κ1) is 20.0. The van der Waals surface area contributed by atoms with Crippen LogP contribution in [0.5, 0.6) is 0 Å². The van der Waals surface area contributed by atoms with Crippen LogP contribution in [0.2, 0.25) is 5.02 Å². The van der Waals surface area contributed by atoms with E-state index in [2.05, 4.69) is 9.46 Å². The zero-order valence-electron chi connectivity index (χ0n) is 13.7. The predicted molar refractivity (Wildman–Crippen MR) is 91.1 cm³/mol. The first-order valence-electron chi connectivity index (χ1n) is 7.39. The molecule has 10 heteroatoms. The number of furan rings is 1. The van der Waals surface area contributed by atoms with Crippen molar-refractivity contribution in [3.8, 4) is 0 Å². The summed E-state index contributed by atoms with van der Waals surface area (Å²) in [6, 6.07) is 7.01. The molecule has 2 rings (SSSR count). The SMILES string of the molecule is COC(=O)c1ccoc1COC(=O)CCNS(=O)(=O)c1ccc(Cl)cc1. The van der Waals surface area contributed by atoms with Crippen LogP contribution in [-0.4, -0.2) is 34.0 Å². The van der Waals surface area contributed by atoms with Gasteiger partial charge in [-0.05, 0) is 30.3 Å². The molecule has 0 amide bonds. The summed E-state index contributed by atoms with van der Waals surface area (Å²) in [5, 5.41) is 0.414. The van der Waals surface area contributed by atoms with E-state index in [1.807, 2.05) is 0 Å². The Kier molecular flexibility index (Phi) is 6.78.